The van der Waals surface area contributed by atoms with Crippen molar-refractivity contribution in [3.63, 3.8) is 0 Å². The highest BCUT2D eigenvalue weighted by Crippen LogP contribution is 2.19. The van der Waals surface area contributed by atoms with E-state index in [9.17, 15) is 13.2 Å². The van der Waals surface area contributed by atoms with Gasteiger partial charge in [0.05, 0.1) is 12.3 Å². The van der Waals surface area contributed by atoms with Crippen LogP contribution in [0.4, 0.5) is 0 Å². The Morgan fingerprint density at radius 2 is 1.79 bits per heavy atom. The number of carbonyl (C=O) groups excluding carboxylic acids is 1. The van der Waals surface area contributed by atoms with Gasteiger partial charge >= 0.3 is 0 Å². The predicted octanol–water partition coefficient (Wildman–Crippen LogP) is 2.95. The molecule has 152 valence electrons. The van der Waals surface area contributed by atoms with Crippen LogP contribution >= 0.6 is 0 Å². The average Bonchev–Trinajstić information content (AvgIpc) is 2.62. The molecule has 0 heterocycles. The van der Waals surface area contributed by atoms with Crippen LogP contribution in [0.5, 0.6) is 5.75 Å². The van der Waals surface area contributed by atoms with Crippen molar-refractivity contribution < 1.29 is 17.9 Å². The molecule has 28 heavy (non-hydrogen) atoms. The van der Waals surface area contributed by atoms with Crippen molar-refractivity contribution in [2.24, 2.45) is 0 Å². The van der Waals surface area contributed by atoms with Crippen molar-refractivity contribution in [3.05, 3.63) is 64.7 Å². The molecule has 0 aliphatic carbocycles. The predicted molar refractivity (Wildman–Crippen MR) is 111 cm³/mol. The van der Waals surface area contributed by atoms with E-state index in [-0.39, 0.29) is 25.1 Å². The molecule has 0 saturated carbocycles. The number of hydrogen-bond acceptors (Lipinski definition) is 4. The van der Waals surface area contributed by atoms with E-state index in [1.807, 2.05) is 32.9 Å². The monoisotopic (exact) mass is 404 g/mol. The van der Waals surface area contributed by atoms with Gasteiger partial charge in [-0.1, -0.05) is 35.9 Å². The number of carbonyl (C=O) groups is 1. The summed E-state index contributed by atoms with van der Waals surface area (Å²) in [7, 11) is -1.69. The van der Waals surface area contributed by atoms with E-state index in [0.29, 0.717) is 5.75 Å². The summed E-state index contributed by atoms with van der Waals surface area (Å²) in [5.74, 6) is 0.356. The zero-order valence-electron chi connectivity index (χ0n) is 17.0. The molecular formula is C21H28N2O4S. The molecular weight excluding hydrogens is 376 g/mol. The number of nitrogens with one attached hydrogen (secondary N) is 1. The molecule has 0 unspecified atom stereocenters. The maximum Gasteiger partial charge on any atom is 0.258 e. The molecule has 7 heteroatoms. The highest BCUT2D eigenvalue weighted by Gasteiger charge is 2.13. The first-order chi connectivity index (χ1) is 13.1. The lowest BCUT2D eigenvalue weighted by Crippen LogP contribution is -2.31. The molecule has 0 saturated heterocycles. The van der Waals surface area contributed by atoms with Gasteiger partial charge in [-0.2, -0.15) is 0 Å². The fraction of sp³-hybridized carbons (Fsp3) is 0.381. The molecule has 0 radical (unpaired) electrons. The van der Waals surface area contributed by atoms with Crippen LogP contribution in [0.25, 0.3) is 0 Å². The first kappa shape index (κ1) is 21.9. The summed E-state index contributed by atoms with van der Waals surface area (Å²) >= 11 is 0. The summed E-state index contributed by atoms with van der Waals surface area (Å²) in [6.07, 6.45) is 1.17. The second kappa shape index (κ2) is 9.21. The van der Waals surface area contributed by atoms with Gasteiger partial charge in [-0.3, -0.25) is 4.79 Å². The van der Waals surface area contributed by atoms with Crippen LogP contribution in [-0.2, 0) is 21.4 Å². The molecule has 1 amide bonds. The molecule has 0 aliphatic heterocycles. The number of benzene rings is 2. The van der Waals surface area contributed by atoms with Crippen molar-refractivity contribution >= 4 is 15.9 Å². The number of rotatable bonds is 8. The molecule has 6 nitrogen and oxygen atoms in total. The van der Waals surface area contributed by atoms with Gasteiger partial charge in [0, 0.05) is 13.6 Å². The number of ether oxygens (including phenoxy) is 1. The maximum absolute atomic E-state index is 12.2. The van der Waals surface area contributed by atoms with Crippen LogP contribution < -0.4 is 10.1 Å². The Morgan fingerprint density at radius 1 is 1.14 bits per heavy atom. The van der Waals surface area contributed by atoms with Gasteiger partial charge in [0.25, 0.3) is 5.91 Å². The zero-order valence-corrected chi connectivity index (χ0v) is 17.8. The largest absolute Gasteiger partial charge is 0.484 e. The van der Waals surface area contributed by atoms with Gasteiger partial charge in [-0.25, -0.2) is 12.7 Å². The van der Waals surface area contributed by atoms with E-state index in [4.69, 9.17) is 4.74 Å². The van der Waals surface area contributed by atoms with Gasteiger partial charge in [0.2, 0.25) is 10.0 Å². The topological polar surface area (TPSA) is 75.7 Å². The third-order valence-corrected chi connectivity index (χ3v) is 5.80. The van der Waals surface area contributed by atoms with Gasteiger partial charge in [-0.15, -0.1) is 0 Å². The third kappa shape index (κ3) is 6.35. The quantitative estimate of drug-likeness (QED) is 0.734. The van der Waals surface area contributed by atoms with E-state index in [1.54, 1.807) is 24.3 Å². The van der Waals surface area contributed by atoms with Gasteiger partial charge in [0.15, 0.2) is 6.61 Å². The number of hydrogen-bond donors (Lipinski definition) is 1. The van der Waals surface area contributed by atoms with Crippen LogP contribution in [0, 0.1) is 13.8 Å². The highest BCUT2D eigenvalue weighted by molar-refractivity contribution is 7.88. The molecule has 0 spiro atoms. The Balaban J connectivity index is 1.88. The minimum atomic E-state index is -3.22. The Hall–Kier alpha value is -2.38. The van der Waals surface area contributed by atoms with E-state index in [0.717, 1.165) is 22.3 Å². The molecule has 0 aromatic heterocycles. The van der Waals surface area contributed by atoms with E-state index < -0.39 is 10.0 Å². The maximum atomic E-state index is 12.2. The van der Waals surface area contributed by atoms with Crippen molar-refractivity contribution in [3.8, 4) is 5.75 Å². The zero-order chi connectivity index (χ0) is 20.9. The Kier molecular flexibility index (Phi) is 7.21. The second-order valence-electron chi connectivity index (χ2n) is 7.10. The molecule has 2 aromatic carbocycles. The Labute approximate surface area is 167 Å². The minimum absolute atomic E-state index is 0.0855. The van der Waals surface area contributed by atoms with Crippen LogP contribution in [0.1, 0.15) is 35.2 Å². The van der Waals surface area contributed by atoms with Crippen LogP contribution in [0.2, 0.25) is 0 Å². The van der Waals surface area contributed by atoms with Crippen molar-refractivity contribution in [1.82, 2.24) is 9.62 Å². The summed E-state index contributed by atoms with van der Waals surface area (Å²) in [4.78, 5) is 12.2. The number of aryl methyl sites for hydroxylation is 2. The van der Waals surface area contributed by atoms with Crippen molar-refractivity contribution in [1.29, 1.82) is 0 Å². The normalized spacial score (nSPS) is 12.6. The number of sulfonamides is 1. The summed E-state index contributed by atoms with van der Waals surface area (Å²) < 4.78 is 29.7. The lowest BCUT2D eigenvalue weighted by molar-refractivity contribution is -0.123. The molecule has 2 rings (SSSR count). The first-order valence-corrected chi connectivity index (χ1v) is 10.9. The van der Waals surface area contributed by atoms with Gasteiger partial charge < -0.3 is 10.1 Å². The Morgan fingerprint density at radius 3 is 2.39 bits per heavy atom. The summed E-state index contributed by atoms with van der Waals surface area (Å²) in [6, 6.07) is 13.1. The molecule has 0 aliphatic rings. The number of amides is 1. The lowest BCUT2D eigenvalue weighted by atomic mass is 10.00. The standard InChI is InChI=1S/C21H28N2O4S/c1-15-6-7-16(2)20(12-15)17(3)22-21(24)14-27-19-10-8-18(9-11-19)13-23(4)28(5,25)26/h6-12,17H,13-14H2,1-5H3,(H,22,24)/t17-/m1/s1. The molecule has 0 fully saturated rings. The first-order valence-electron chi connectivity index (χ1n) is 9.06. The summed E-state index contributed by atoms with van der Waals surface area (Å²) in [6.45, 7) is 6.20. The average molecular weight is 405 g/mol. The van der Waals surface area contributed by atoms with E-state index in [2.05, 4.69) is 11.4 Å². The van der Waals surface area contributed by atoms with E-state index >= 15 is 0 Å². The minimum Gasteiger partial charge on any atom is -0.484 e. The summed E-state index contributed by atoms with van der Waals surface area (Å²) in [5, 5.41) is 2.95. The van der Waals surface area contributed by atoms with Crippen LogP contribution in [0.15, 0.2) is 42.5 Å². The smallest absolute Gasteiger partial charge is 0.258 e. The number of nitrogens with zero attached hydrogens (tertiary/aromatic N) is 1. The molecule has 2 aromatic rings. The van der Waals surface area contributed by atoms with Crippen molar-refractivity contribution in [2.75, 3.05) is 19.9 Å². The van der Waals surface area contributed by atoms with Gasteiger partial charge in [0.1, 0.15) is 5.75 Å². The second-order valence-corrected chi connectivity index (χ2v) is 9.19. The lowest BCUT2D eigenvalue weighted by Gasteiger charge is -2.18. The fourth-order valence-electron chi connectivity index (χ4n) is 2.80. The van der Waals surface area contributed by atoms with Crippen LogP contribution in [0.3, 0.4) is 0 Å². The molecule has 1 N–H and O–H groups in total. The fourth-order valence-corrected chi connectivity index (χ4v) is 3.19. The van der Waals surface area contributed by atoms with E-state index in [1.165, 1.54) is 17.6 Å². The molecule has 1 atom stereocenters. The molecule has 0 bridgehead atoms. The SMILES string of the molecule is Cc1ccc(C)c([C@@H](C)NC(=O)COc2ccc(CN(C)S(C)(=O)=O)cc2)c1. The van der Waals surface area contributed by atoms with Crippen molar-refractivity contribution in [2.45, 2.75) is 33.4 Å². The summed E-state index contributed by atoms with van der Waals surface area (Å²) in [5.41, 5.74) is 4.22. The third-order valence-electron chi connectivity index (χ3n) is 4.54. The Bertz CT molecular complexity index is 924. The van der Waals surface area contributed by atoms with Crippen LogP contribution in [-0.4, -0.2) is 38.5 Å². The van der Waals surface area contributed by atoms with Gasteiger partial charge in [-0.05, 0) is 49.6 Å². The highest BCUT2D eigenvalue weighted by atomic mass is 32.2.